The van der Waals surface area contributed by atoms with Gasteiger partial charge in [0.2, 0.25) is 0 Å². The van der Waals surface area contributed by atoms with E-state index in [4.69, 9.17) is 5.73 Å². The van der Waals surface area contributed by atoms with E-state index in [2.05, 4.69) is 4.98 Å². The third kappa shape index (κ3) is 2.03. The van der Waals surface area contributed by atoms with Crippen LogP contribution in [0.5, 0.6) is 0 Å². The molecule has 1 aromatic heterocycles. The summed E-state index contributed by atoms with van der Waals surface area (Å²) in [6.07, 6.45) is 1.80. The van der Waals surface area contributed by atoms with E-state index in [1.807, 2.05) is 0 Å². The zero-order chi connectivity index (χ0) is 10.0. The van der Waals surface area contributed by atoms with Gasteiger partial charge in [-0.25, -0.2) is 4.98 Å². The Labute approximate surface area is 75.6 Å². The molecule has 5 heteroatoms. The van der Waals surface area contributed by atoms with Gasteiger partial charge in [-0.3, -0.25) is 4.57 Å². The van der Waals surface area contributed by atoms with Crippen LogP contribution in [0.15, 0.2) is 6.20 Å². The maximum Gasteiger partial charge on any atom is 0.319 e. The molecule has 0 aliphatic rings. The average Bonchev–Trinajstić information content (AvgIpc) is 2.47. The highest BCUT2D eigenvalue weighted by molar-refractivity contribution is 5.07. The summed E-state index contributed by atoms with van der Waals surface area (Å²) in [6.45, 7) is 0.971. The first-order valence-corrected chi connectivity index (χ1v) is 4.17. The Balaban J connectivity index is 3.04. The lowest BCUT2D eigenvalue weighted by Gasteiger charge is -2.02. The van der Waals surface area contributed by atoms with E-state index in [0.29, 0.717) is 17.9 Å². The quantitative estimate of drug-likeness (QED) is 0.788. The summed E-state index contributed by atoms with van der Waals surface area (Å²) in [4.78, 5) is 4.01. The molecule has 0 aliphatic heterocycles. The number of halogens is 2. The van der Waals surface area contributed by atoms with Crippen molar-refractivity contribution in [1.29, 1.82) is 0 Å². The van der Waals surface area contributed by atoms with Crippen LogP contribution in [0.3, 0.4) is 0 Å². The van der Waals surface area contributed by atoms with Crippen molar-refractivity contribution in [3.05, 3.63) is 17.7 Å². The Kier molecular flexibility index (Phi) is 2.98. The predicted octanol–water partition coefficient (Wildman–Crippen LogP) is 1.86. The lowest BCUT2D eigenvalue weighted by molar-refractivity contribution is 0.0671. The smallest absolute Gasteiger partial charge is 0.319 e. The Bertz CT molecular complexity index is 281. The van der Waals surface area contributed by atoms with Gasteiger partial charge in [-0.2, -0.15) is 8.78 Å². The van der Waals surface area contributed by atoms with Gasteiger partial charge in [0.25, 0.3) is 0 Å². The van der Waals surface area contributed by atoms with E-state index in [1.54, 1.807) is 13.8 Å². The van der Waals surface area contributed by atoms with Crippen molar-refractivity contribution in [1.82, 2.24) is 9.55 Å². The molecule has 13 heavy (non-hydrogen) atoms. The van der Waals surface area contributed by atoms with E-state index in [-0.39, 0.29) is 6.04 Å². The van der Waals surface area contributed by atoms with Crippen LogP contribution in [0, 0.1) is 0 Å². The molecular weight excluding hydrogens is 176 g/mol. The molecule has 1 atom stereocenters. The van der Waals surface area contributed by atoms with Crippen molar-refractivity contribution in [2.45, 2.75) is 32.9 Å². The van der Waals surface area contributed by atoms with Gasteiger partial charge in [0.05, 0.1) is 5.69 Å². The SMILES string of the molecule is CCc1nc([C@H](C)N)cn1C(F)F. The molecule has 2 N–H and O–H groups in total. The van der Waals surface area contributed by atoms with Crippen molar-refractivity contribution >= 4 is 0 Å². The fourth-order valence-corrected chi connectivity index (χ4v) is 1.10. The number of alkyl halides is 2. The molecule has 0 saturated heterocycles. The molecule has 0 aliphatic carbocycles. The van der Waals surface area contributed by atoms with Gasteiger partial charge in [-0.1, -0.05) is 6.92 Å². The van der Waals surface area contributed by atoms with Crippen molar-refractivity contribution < 1.29 is 8.78 Å². The van der Waals surface area contributed by atoms with Gasteiger partial charge < -0.3 is 5.73 Å². The summed E-state index contributed by atoms with van der Waals surface area (Å²) in [5.74, 6) is 0.377. The second-order valence-electron chi connectivity index (χ2n) is 2.91. The van der Waals surface area contributed by atoms with Gasteiger partial charge in [-0.15, -0.1) is 0 Å². The highest BCUT2D eigenvalue weighted by Crippen LogP contribution is 2.17. The molecule has 1 heterocycles. The molecule has 0 unspecified atom stereocenters. The van der Waals surface area contributed by atoms with Crippen LogP contribution < -0.4 is 5.73 Å². The first-order chi connectivity index (χ1) is 6.06. The Morgan fingerprint density at radius 1 is 1.62 bits per heavy atom. The van der Waals surface area contributed by atoms with Crippen LogP contribution >= 0.6 is 0 Å². The van der Waals surface area contributed by atoms with Gasteiger partial charge >= 0.3 is 6.55 Å². The minimum Gasteiger partial charge on any atom is -0.323 e. The van der Waals surface area contributed by atoms with Crippen LogP contribution in [-0.4, -0.2) is 9.55 Å². The molecule has 0 fully saturated rings. The monoisotopic (exact) mass is 189 g/mol. The van der Waals surface area contributed by atoms with Crippen LogP contribution in [-0.2, 0) is 6.42 Å². The van der Waals surface area contributed by atoms with E-state index in [9.17, 15) is 8.78 Å². The van der Waals surface area contributed by atoms with Gasteiger partial charge in [0.1, 0.15) is 5.82 Å². The van der Waals surface area contributed by atoms with Crippen molar-refractivity contribution in [2.75, 3.05) is 0 Å². The molecule has 0 radical (unpaired) electrons. The Morgan fingerprint density at radius 2 is 2.23 bits per heavy atom. The number of hydrogen-bond acceptors (Lipinski definition) is 2. The van der Waals surface area contributed by atoms with E-state index >= 15 is 0 Å². The number of aryl methyl sites for hydroxylation is 1. The molecule has 3 nitrogen and oxygen atoms in total. The molecule has 0 saturated carbocycles. The molecular formula is C8H13F2N3. The summed E-state index contributed by atoms with van der Waals surface area (Å²) in [7, 11) is 0. The third-order valence-corrected chi connectivity index (χ3v) is 1.82. The number of rotatable bonds is 3. The summed E-state index contributed by atoms with van der Waals surface area (Å²) < 4.78 is 25.6. The largest absolute Gasteiger partial charge is 0.323 e. The van der Waals surface area contributed by atoms with Crippen molar-refractivity contribution in [2.24, 2.45) is 5.73 Å². The number of nitrogens with zero attached hydrogens (tertiary/aromatic N) is 2. The fraction of sp³-hybridized carbons (Fsp3) is 0.625. The zero-order valence-corrected chi connectivity index (χ0v) is 7.67. The minimum atomic E-state index is -2.53. The van der Waals surface area contributed by atoms with E-state index in [0.717, 1.165) is 4.57 Å². The molecule has 0 aromatic carbocycles. The van der Waals surface area contributed by atoms with Crippen molar-refractivity contribution in [3.8, 4) is 0 Å². The molecule has 0 bridgehead atoms. The van der Waals surface area contributed by atoms with Gasteiger partial charge in [0.15, 0.2) is 0 Å². The van der Waals surface area contributed by atoms with E-state index < -0.39 is 6.55 Å². The van der Waals surface area contributed by atoms with Gasteiger partial charge in [0, 0.05) is 18.7 Å². The minimum absolute atomic E-state index is 0.301. The van der Waals surface area contributed by atoms with Gasteiger partial charge in [-0.05, 0) is 6.92 Å². The van der Waals surface area contributed by atoms with Crippen LogP contribution in [0.1, 0.15) is 38.0 Å². The number of aromatic nitrogens is 2. The molecule has 1 rings (SSSR count). The van der Waals surface area contributed by atoms with Crippen molar-refractivity contribution in [3.63, 3.8) is 0 Å². The first-order valence-electron chi connectivity index (χ1n) is 4.17. The summed E-state index contributed by atoms with van der Waals surface area (Å²) in [6, 6.07) is -0.301. The summed E-state index contributed by atoms with van der Waals surface area (Å²) in [5, 5.41) is 0. The lowest BCUT2D eigenvalue weighted by Crippen LogP contribution is -2.05. The predicted molar refractivity (Wildman–Crippen MR) is 45.5 cm³/mol. The second-order valence-corrected chi connectivity index (χ2v) is 2.91. The Morgan fingerprint density at radius 3 is 2.54 bits per heavy atom. The third-order valence-electron chi connectivity index (χ3n) is 1.82. The maximum absolute atomic E-state index is 12.4. The topological polar surface area (TPSA) is 43.8 Å². The average molecular weight is 189 g/mol. The van der Waals surface area contributed by atoms with Crippen LogP contribution in [0.4, 0.5) is 8.78 Å². The first kappa shape index (κ1) is 10.1. The summed E-state index contributed by atoms with van der Waals surface area (Å²) in [5.41, 5.74) is 6.04. The number of imidazole rings is 1. The maximum atomic E-state index is 12.4. The standard InChI is InChI=1S/C8H13F2N3/c1-3-7-12-6(5(2)11)4-13(7)8(9)10/h4-5,8H,3,11H2,1-2H3/t5-/m0/s1. The normalized spacial score (nSPS) is 13.7. The fourth-order valence-electron chi connectivity index (χ4n) is 1.10. The number of nitrogens with two attached hydrogens (primary N) is 1. The zero-order valence-electron chi connectivity index (χ0n) is 7.67. The lowest BCUT2D eigenvalue weighted by atomic mass is 10.3. The van der Waals surface area contributed by atoms with Crippen LogP contribution in [0.25, 0.3) is 0 Å². The molecule has 0 amide bonds. The van der Waals surface area contributed by atoms with E-state index in [1.165, 1.54) is 6.20 Å². The number of hydrogen-bond donors (Lipinski definition) is 1. The highest BCUT2D eigenvalue weighted by Gasteiger charge is 2.14. The molecule has 74 valence electrons. The molecule has 0 spiro atoms. The molecule has 1 aromatic rings. The second kappa shape index (κ2) is 3.83. The Hall–Kier alpha value is -0.970. The van der Waals surface area contributed by atoms with Crippen LogP contribution in [0.2, 0.25) is 0 Å². The highest BCUT2D eigenvalue weighted by atomic mass is 19.3. The summed E-state index contributed by atoms with van der Waals surface area (Å²) >= 11 is 0.